The second kappa shape index (κ2) is 17.3. The molecule has 0 unspecified atom stereocenters. The number of carbonyl (C=O) groups is 1. The summed E-state index contributed by atoms with van der Waals surface area (Å²) < 4.78 is 57.2. The van der Waals surface area contributed by atoms with Crippen LogP contribution in [-0.2, 0) is 38.4 Å². The molecule has 3 aromatic carbocycles. The van der Waals surface area contributed by atoms with Gasteiger partial charge in [-0.25, -0.2) is 9.18 Å². The Bertz CT molecular complexity index is 1460. The van der Waals surface area contributed by atoms with E-state index < -0.39 is 11.7 Å². The lowest BCUT2D eigenvalue weighted by molar-refractivity contribution is -0.137. The molecule has 0 spiro atoms. The fraction of sp³-hybridized carbons (Fsp3) is 0.462. The largest absolute Gasteiger partial charge is 0.417 e. The maximum atomic E-state index is 16.2. The number of halogens is 4. The number of nitrogens with zero attached hydrogens (tertiary/aromatic N) is 1. The number of rotatable bonds is 16. The molecule has 0 heterocycles. The highest BCUT2D eigenvalue weighted by Gasteiger charge is 2.33. The van der Waals surface area contributed by atoms with E-state index in [4.69, 9.17) is 0 Å². The molecule has 0 aliphatic heterocycles. The van der Waals surface area contributed by atoms with E-state index in [1.807, 2.05) is 13.8 Å². The first-order valence-electron chi connectivity index (χ1n) is 16.8. The van der Waals surface area contributed by atoms with Crippen molar-refractivity contribution in [3.05, 3.63) is 99.9 Å². The minimum absolute atomic E-state index is 0.109. The number of unbranched alkanes of at least 4 members (excludes halogenated alkanes) is 3. The standard InChI is InChI=1S/C39H50F4N2O/c1-7-12-13-16-24-44-38(46)45(26-28-19-21-29(22-20-28)33-17-14-15-18-35(33)39(41,42)43)25-23-34-31(10-4)36(27(6)8-2)30(9-3)32(11-5)37(34)40/h14-15,17-22H,6-13,16,23-26H2,1-5H3,(H,44,46). The molecular weight excluding hydrogens is 588 g/mol. The van der Waals surface area contributed by atoms with Gasteiger partial charge in [0.25, 0.3) is 0 Å². The van der Waals surface area contributed by atoms with Gasteiger partial charge >= 0.3 is 12.2 Å². The summed E-state index contributed by atoms with van der Waals surface area (Å²) in [5.74, 6) is -0.184. The molecule has 0 radical (unpaired) electrons. The predicted octanol–water partition coefficient (Wildman–Crippen LogP) is 11.0. The van der Waals surface area contributed by atoms with E-state index in [2.05, 4.69) is 32.7 Å². The SMILES string of the molecule is C=C(CC)c1c(CC)c(CC)c(F)c(CCN(Cc2ccc(-c3ccccc3C(F)(F)F)cc2)C(=O)NCCCCCC)c1CC. The summed E-state index contributed by atoms with van der Waals surface area (Å²) in [5.41, 5.74) is 6.07. The highest BCUT2D eigenvalue weighted by Crippen LogP contribution is 2.37. The van der Waals surface area contributed by atoms with Crippen LogP contribution in [0.5, 0.6) is 0 Å². The highest BCUT2D eigenvalue weighted by atomic mass is 19.4. The summed E-state index contributed by atoms with van der Waals surface area (Å²) in [5, 5.41) is 3.04. The second-order valence-electron chi connectivity index (χ2n) is 11.8. The minimum atomic E-state index is -4.47. The van der Waals surface area contributed by atoms with E-state index in [0.717, 1.165) is 78.0 Å². The number of alkyl halides is 3. The quantitative estimate of drug-likeness (QED) is 0.123. The van der Waals surface area contributed by atoms with Crippen LogP contribution in [0.3, 0.4) is 0 Å². The summed E-state index contributed by atoms with van der Waals surface area (Å²) >= 11 is 0. The third-order valence-electron chi connectivity index (χ3n) is 8.80. The van der Waals surface area contributed by atoms with Gasteiger partial charge in [0.05, 0.1) is 5.56 Å². The van der Waals surface area contributed by atoms with Crippen molar-refractivity contribution in [1.82, 2.24) is 10.2 Å². The Labute approximate surface area is 273 Å². The number of hydrogen-bond donors (Lipinski definition) is 1. The molecule has 46 heavy (non-hydrogen) atoms. The van der Waals surface area contributed by atoms with Crippen molar-refractivity contribution in [2.75, 3.05) is 13.1 Å². The Morgan fingerprint density at radius 1 is 0.826 bits per heavy atom. The maximum Gasteiger partial charge on any atom is 0.417 e. The summed E-state index contributed by atoms with van der Waals surface area (Å²) in [6.45, 7) is 15.7. The zero-order valence-electron chi connectivity index (χ0n) is 28.2. The molecule has 0 bridgehead atoms. The molecule has 1 N–H and O–H groups in total. The average Bonchev–Trinajstić information content (AvgIpc) is 3.05. The van der Waals surface area contributed by atoms with Crippen molar-refractivity contribution < 1.29 is 22.4 Å². The van der Waals surface area contributed by atoms with Crippen molar-refractivity contribution in [2.24, 2.45) is 0 Å². The molecule has 3 nitrogen and oxygen atoms in total. The van der Waals surface area contributed by atoms with Gasteiger partial charge in [0.1, 0.15) is 5.82 Å². The van der Waals surface area contributed by atoms with Crippen molar-refractivity contribution in [3.8, 4) is 11.1 Å². The molecule has 0 saturated carbocycles. The van der Waals surface area contributed by atoms with Crippen LogP contribution in [0.25, 0.3) is 16.7 Å². The van der Waals surface area contributed by atoms with E-state index >= 15 is 4.39 Å². The van der Waals surface area contributed by atoms with Gasteiger partial charge in [-0.05, 0) is 94.7 Å². The number of nitrogens with one attached hydrogen (secondary N) is 1. The fourth-order valence-electron chi connectivity index (χ4n) is 6.29. The minimum Gasteiger partial charge on any atom is -0.338 e. The smallest absolute Gasteiger partial charge is 0.338 e. The molecule has 7 heteroatoms. The van der Waals surface area contributed by atoms with E-state index in [0.29, 0.717) is 36.9 Å². The normalized spacial score (nSPS) is 11.5. The van der Waals surface area contributed by atoms with Gasteiger partial charge in [-0.2, -0.15) is 13.2 Å². The third-order valence-corrected chi connectivity index (χ3v) is 8.80. The van der Waals surface area contributed by atoms with Crippen LogP contribution < -0.4 is 5.32 Å². The predicted molar refractivity (Wildman–Crippen MR) is 182 cm³/mol. The van der Waals surface area contributed by atoms with Gasteiger partial charge < -0.3 is 10.2 Å². The first-order valence-corrected chi connectivity index (χ1v) is 16.8. The van der Waals surface area contributed by atoms with Gasteiger partial charge in [-0.15, -0.1) is 0 Å². The van der Waals surface area contributed by atoms with Gasteiger partial charge in [-0.3, -0.25) is 0 Å². The van der Waals surface area contributed by atoms with Gasteiger partial charge in [-0.1, -0.05) is 103 Å². The lowest BCUT2D eigenvalue weighted by Gasteiger charge is -2.27. The fourth-order valence-corrected chi connectivity index (χ4v) is 6.29. The summed E-state index contributed by atoms with van der Waals surface area (Å²) in [7, 11) is 0. The molecule has 0 aliphatic rings. The van der Waals surface area contributed by atoms with Crippen LogP contribution in [0.15, 0.2) is 55.1 Å². The van der Waals surface area contributed by atoms with Crippen LogP contribution >= 0.6 is 0 Å². The van der Waals surface area contributed by atoms with Crippen molar-refractivity contribution in [3.63, 3.8) is 0 Å². The number of benzene rings is 3. The zero-order chi connectivity index (χ0) is 33.9. The summed E-state index contributed by atoms with van der Waals surface area (Å²) in [6.07, 6.45) is 2.68. The van der Waals surface area contributed by atoms with Gasteiger partial charge in [0, 0.05) is 19.6 Å². The van der Waals surface area contributed by atoms with Gasteiger partial charge in [0.15, 0.2) is 0 Å². The first kappa shape index (κ1) is 36.9. The van der Waals surface area contributed by atoms with Gasteiger partial charge in [0.2, 0.25) is 0 Å². The molecule has 0 fully saturated rings. The molecule has 0 saturated heterocycles. The molecule has 0 aromatic heterocycles. The second-order valence-corrected chi connectivity index (χ2v) is 11.8. The van der Waals surface area contributed by atoms with Crippen molar-refractivity contribution in [1.29, 1.82) is 0 Å². The van der Waals surface area contributed by atoms with Crippen LogP contribution in [0.2, 0.25) is 0 Å². The number of amides is 2. The number of urea groups is 1. The lowest BCUT2D eigenvalue weighted by atomic mass is 9.82. The van der Waals surface area contributed by atoms with Crippen LogP contribution in [-0.4, -0.2) is 24.0 Å². The Hall–Kier alpha value is -3.61. The van der Waals surface area contributed by atoms with Crippen LogP contribution in [0, 0.1) is 5.82 Å². The Morgan fingerprint density at radius 3 is 2.04 bits per heavy atom. The maximum absolute atomic E-state index is 16.2. The molecule has 3 rings (SSSR count). The number of carbonyl (C=O) groups excluding carboxylic acids is 1. The van der Waals surface area contributed by atoms with Crippen molar-refractivity contribution in [2.45, 2.75) is 105 Å². The van der Waals surface area contributed by atoms with Crippen molar-refractivity contribution >= 4 is 11.6 Å². The van der Waals surface area contributed by atoms with Crippen LogP contribution in [0.1, 0.15) is 106 Å². The Morgan fingerprint density at radius 2 is 1.46 bits per heavy atom. The molecule has 2 amide bonds. The zero-order valence-corrected chi connectivity index (χ0v) is 28.2. The average molecular weight is 639 g/mol. The number of allylic oxidation sites excluding steroid dienone is 1. The Kier molecular flexibility index (Phi) is 13.9. The van der Waals surface area contributed by atoms with E-state index in [1.54, 1.807) is 35.2 Å². The number of hydrogen-bond acceptors (Lipinski definition) is 1. The molecular formula is C39H50F4N2O. The topological polar surface area (TPSA) is 32.3 Å². The molecule has 0 atom stereocenters. The van der Waals surface area contributed by atoms with E-state index in [9.17, 15) is 18.0 Å². The van der Waals surface area contributed by atoms with Crippen LogP contribution in [0.4, 0.5) is 22.4 Å². The summed E-state index contributed by atoms with van der Waals surface area (Å²) in [6, 6.07) is 12.1. The highest BCUT2D eigenvalue weighted by molar-refractivity contribution is 5.75. The van der Waals surface area contributed by atoms with E-state index in [-0.39, 0.29) is 30.5 Å². The Balaban J connectivity index is 1.94. The molecule has 0 aliphatic carbocycles. The molecule has 3 aromatic rings. The summed E-state index contributed by atoms with van der Waals surface area (Å²) in [4.78, 5) is 15.2. The third kappa shape index (κ3) is 9.01. The first-order chi connectivity index (χ1) is 22.0. The lowest BCUT2D eigenvalue weighted by Crippen LogP contribution is -2.41. The monoisotopic (exact) mass is 638 g/mol. The van der Waals surface area contributed by atoms with E-state index in [1.165, 1.54) is 12.1 Å². The molecule has 250 valence electrons.